The van der Waals surface area contributed by atoms with Gasteiger partial charge in [0.2, 0.25) is 0 Å². The molecule has 1 aliphatic heterocycles. The Morgan fingerprint density at radius 3 is 2.84 bits per heavy atom. The first-order valence-corrected chi connectivity index (χ1v) is 6.60. The van der Waals surface area contributed by atoms with Crippen LogP contribution in [0.3, 0.4) is 0 Å². The Hall–Kier alpha value is -1.26. The molecule has 4 nitrogen and oxygen atoms in total. The minimum atomic E-state index is -0.123. The van der Waals surface area contributed by atoms with Crippen LogP contribution < -0.4 is 10.1 Å². The highest BCUT2D eigenvalue weighted by Crippen LogP contribution is 2.25. The van der Waals surface area contributed by atoms with Crippen molar-refractivity contribution in [3.05, 3.63) is 28.8 Å². The second-order valence-electron chi connectivity index (χ2n) is 5.28. The van der Waals surface area contributed by atoms with Crippen molar-refractivity contribution in [2.75, 3.05) is 26.4 Å². The summed E-state index contributed by atoms with van der Waals surface area (Å²) in [5.74, 6) is 0.556. The smallest absolute Gasteiger partial charge is 0.257 e. The number of ether oxygens (including phenoxy) is 2. The number of halogens is 1. The van der Waals surface area contributed by atoms with E-state index in [2.05, 4.69) is 12.2 Å². The molecule has 0 aromatic heterocycles. The van der Waals surface area contributed by atoms with Crippen molar-refractivity contribution >= 4 is 17.5 Å². The van der Waals surface area contributed by atoms with Crippen LogP contribution in [0.2, 0.25) is 5.02 Å². The summed E-state index contributed by atoms with van der Waals surface area (Å²) in [4.78, 5) is 11.7. The summed E-state index contributed by atoms with van der Waals surface area (Å²) in [5.41, 5.74) is 0.992. The minimum Gasteiger partial charge on any atom is -0.484 e. The Morgan fingerprint density at radius 1 is 1.53 bits per heavy atom. The van der Waals surface area contributed by atoms with Gasteiger partial charge in [0.1, 0.15) is 5.75 Å². The normalized spacial score (nSPS) is 16.6. The molecule has 104 valence electrons. The van der Waals surface area contributed by atoms with E-state index in [0.717, 1.165) is 5.56 Å². The van der Waals surface area contributed by atoms with Gasteiger partial charge in [-0.2, -0.15) is 0 Å². The highest BCUT2D eigenvalue weighted by molar-refractivity contribution is 6.30. The van der Waals surface area contributed by atoms with Crippen LogP contribution >= 0.6 is 11.6 Å². The topological polar surface area (TPSA) is 47.6 Å². The summed E-state index contributed by atoms with van der Waals surface area (Å²) in [7, 11) is 0. The maximum Gasteiger partial charge on any atom is 0.257 e. The monoisotopic (exact) mass is 283 g/mol. The number of carbonyl (C=O) groups is 1. The molecule has 0 saturated carbocycles. The Kier molecular flexibility index (Phi) is 4.32. The lowest BCUT2D eigenvalue weighted by molar-refractivity contribution is -0.128. The molecule has 2 rings (SSSR count). The van der Waals surface area contributed by atoms with Gasteiger partial charge in [-0.3, -0.25) is 4.79 Å². The molecule has 0 radical (unpaired) electrons. The molecule has 19 heavy (non-hydrogen) atoms. The van der Waals surface area contributed by atoms with Gasteiger partial charge in [0, 0.05) is 17.0 Å². The van der Waals surface area contributed by atoms with Crippen LogP contribution in [0.15, 0.2) is 18.2 Å². The van der Waals surface area contributed by atoms with Crippen LogP contribution in [0.4, 0.5) is 0 Å². The molecule has 0 bridgehead atoms. The fourth-order valence-corrected chi connectivity index (χ4v) is 2.06. The van der Waals surface area contributed by atoms with E-state index in [1.54, 1.807) is 12.1 Å². The average molecular weight is 284 g/mol. The molecule has 1 aliphatic rings. The first-order valence-electron chi connectivity index (χ1n) is 6.22. The Bertz CT molecular complexity index is 472. The second kappa shape index (κ2) is 5.80. The van der Waals surface area contributed by atoms with Crippen molar-refractivity contribution in [3.63, 3.8) is 0 Å². The number of amides is 1. The summed E-state index contributed by atoms with van der Waals surface area (Å²) in [6.45, 7) is 6.01. The largest absolute Gasteiger partial charge is 0.484 e. The van der Waals surface area contributed by atoms with Crippen molar-refractivity contribution in [2.24, 2.45) is 5.41 Å². The lowest BCUT2D eigenvalue weighted by Gasteiger charge is -2.37. The number of hydrogen-bond acceptors (Lipinski definition) is 3. The van der Waals surface area contributed by atoms with Gasteiger partial charge in [0.05, 0.1) is 13.2 Å². The number of nitrogens with one attached hydrogen (secondary N) is 1. The van der Waals surface area contributed by atoms with E-state index < -0.39 is 0 Å². The molecule has 5 heteroatoms. The standard InChI is InChI=1S/C14H18ClNO3/c1-10-5-11(15)3-4-12(10)19-6-13(17)16-7-14(2)8-18-9-14/h3-5H,6-9H2,1-2H3,(H,16,17). The molecule has 1 aromatic carbocycles. The zero-order valence-corrected chi connectivity index (χ0v) is 11.9. The van der Waals surface area contributed by atoms with E-state index in [4.69, 9.17) is 21.1 Å². The molecular weight excluding hydrogens is 266 g/mol. The van der Waals surface area contributed by atoms with Gasteiger partial charge in [0.15, 0.2) is 6.61 Å². The van der Waals surface area contributed by atoms with Crippen LogP contribution in [-0.2, 0) is 9.53 Å². The summed E-state index contributed by atoms with van der Waals surface area (Å²) in [5, 5.41) is 3.52. The molecule has 1 heterocycles. The first kappa shape index (κ1) is 14.2. The van der Waals surface area contributed by atoms with E-state index >= 15 is 0 Å². The SMILES string of the molecule is Cc1cc(Cl)ccc1OCC(=O)NCC1(C)COC1. The maximum absolute atomic E-state index is 11.7. The van der Waals surface area contributed by atoms with Crippen LogP contribution in [0.5, 0.6) is 5.75 Å². The van der Waals surface area contributed by atoms with Crippen LogP contribution in [-0.4, -0.2) is 32.3 Å². The zero-order chi connectivity index (χ0) is 13.9. The van der Waals surface area contributed by atoms with Gasteiger partial charge in [-0.1, -0.05) is 18.5 Å². The van der Waals surface area contributed by atoms with Crippen molar-refractivity contribution in [1.82, 2.24) is 5.32 Å². The number of rotatable bonds is 5. The Balaban J connectivity index is 1.76. The fraction of sp³-hybridized carbons (Fsp3) is 0.500. The first-order chi connectivity index (χ1) is 8.98. The van der Waals surface area contributed by atoms with E-state index in [0.29, 0.717) is 30.5 Å². The molecule has 1 N–H and O–H groups in total. The predicted octanol–water partition coefficient (Wildman–Crippen LogP) is 2.18. The number of benzene rings is 1. The quantitative estimate of drug-likeness (QED) is 0.901. The van der Waals surface area contributed by atoms with Gasteiger partial charge in [-0.05, 0) is 30.7 Å². The van der Waals surface area contributed by atoms with Crippen LogP contribution in [0.25, 0.3) is 0 Å². The zero-order valence-electron chi connectivity index (χ0n) is 11.2. The third-order valence-corrected chi connectivity index (χ3v) is 3.34. The van der Waals surface area contributed by atoms with Crippen molar-refractivity contribution in [3.8, 4) is 5.75 Å². The third kappa shape index (κ3) is 3.85. The molecule has 0 spiro atoms. The number of carbonyl (C=O) groups excluding carboxylic acids is 1. The van der Waals surface area contributed by atoms with Gasteiger partial charge in [0.25, 0.3) is 5.91 Å². The summed E-state index contributed by atoms with van der Waals surface area (Å²) in [6, 6.07) is 5.32. The highest BCUT2D eigenvalue weighted by atomic mass is 35.5. The Labute approximate surface area is 118 Å². The van der Waals surface area contributed by atoms with Gasteiger partial charge in [-0.15, -0.1) is 0 Å². The van der Waals surface area contributed by atoms with Gasteiger partial charge >= 0.3 is 0 Å². The average Bonchev–Trinajstić information content (AvgIpc) is 2.33. The van der Waals surface area contributed by atoms with E-state index in [-0.39, 0.29) is 17.9 Å². The molecule has 0 unspecified atom stereocenters. The van der Waals surface area contributed by atoms with E-state index in [9.17, 15) is 4.79 Å². The summed E-state index contributed by atoms with van der Waals surface area (Å²) < 4.78 is 10.6. The molecule has 1 amide bonds. The van der Waals surface area contributed by atoms with Crippen molar-refractivity contribution < 1.29 is 14.3 Å². The molecule has 1 saturated heterocycles. The van der Waals surface area contributed by atoms with Gasteiger partial charge < -0.3 is 14.8 Å². The fourth-order valence-electron chi connectivity index (χ4n) is 1.83. The lowest BCUT2D eigenvalue weighted by atomic mass is 9.89. The molecule has 1 fully saturated rings. The van der Waals surface area contributed by atoms with Gasteiger partial charge in [-0.25, -0.2) is 0 Å². The minimum absolute atomic E-state index is 0.0133. The van der Waals surface area contributed by atoms with Crippen LogP contribution in [0.1, 0.15) is 12.5 Å². The lowest BCUT2D eigenvalue weighted by Crippen LogP contribution is -2.49. The number of aryl methyl sites for hydroxylation is 1. The maximum atomic E-state index is 11.7. The number of hydrogen-bond donors (Lipinski definition) is 1. The Morgan fingerprint density at radius 2 is 2.26 bits per heavy atom. The molecule has 0 atom stereocenters. The highest BCUT2D eigenvalue weighted by Gasteiger charge is 2.33. The second-order valence-corrected chi connectivity index (χ2v) is 5.72. The van der Waals surface area contributed by atoms with Crippen molar-refractivity contribution in [1.29, 1.82) is 0 Å². The molecule has 0 aliphatic carbocycles. The molecule has 1 aromatic rings. The van der Waals surface area contributed by atoms with Crippen LogP contribution in [0, 0.1) is 12.3 Å². The molecular formula is C14H18ClNO3. The van der Waals surface area contributed by atoms with E-state index in [1.165, 1.54) is 0 Å². The van der Waals surface area contributed by atoms with E-state index in [1.807, 2.05) is 13.0 Å². The third-order valence-electron chi connectivity index (χ3n) is 3.11. The predicted molar refractivity (Wildman–Crippen MR) is 73.6 cm³/mol. The summed E-state index contributed by atoms with van der Waals surface area (Å²) >= 11 is 5.86. The summed E-state index contributed by atoms with van der Waals surface area (Å²) in [6.07, 6.45) is 0. The van der Waals surface area contributed by atoms with Crippen molar-refractivity contribution in [2.45, 2.75) is 13.8 Å².